The highest BCUT2D eigenvalue weighted by Gasteiger charge is 2.17. The van der Waals surface area contributed by atoms with Crippen LogP contribution in [0.1, 0.15) is 37.7 Å². The number of carbonyl (C=O) groups is 1. The number of benzene rings is 1. The zero-order chi connectivity index (χ0) is 15.1. The van der Waals surface area contributed by atoms with Gasteiger partial charge < -0.3 is 15.8 Å². The van der Waals surface area contributed by atoms with E-state index in [1.807, 2.05) is 0 Å². The van der Waals surface area contributed by atoms with Gasteiger partial charge in [-0.25, -0.2) is 4.39 Å². The predicted molar refractivity (Wildman–Crippen MR) is 79.7 cm³/mol. The Morgan fingerprint density at radius 1 is 1.33 bits per heavy atom. The van der Waals surface area contributed by atoms with Crippen molar-refractivity contribution in [2.24, 2.45) is 5.73 Å². The van der Waals surface area contributed by atoms with Gasteiger partial charge in [-0.15, -0.1) is 0 Å². The van der Waals surface area contributed by atoms with E-state index in [4.69, 9.17) is 10.5 Å². The van der Waals surface area contributed by atoms with Crippen LogP contribution in [0.5, 0.6) is 5.75 Å². The Bertz CT molecular complexity index is 473. The smallest absolute Gasteiger partial charge is 0.258 e. The number of hydrogen-bond donors (Lipinski definition) is 2. The molecule has 0 heterocycles. The van der Waals surface area contributed by atoms with Crippen LogP contribution in [0.25, 0.3) is 0 Å². The van der Waals surface area contributed by atoms with E-state index in [0.717, 1.165) is 25.7 Å². The van der Waals surface area contributed by atoms with Gasteiger partial charge in [0.2, 0.25) is 0 Å². The summed E-state index contributed by atoms with van der Waals surface area (Å²) >= 11 is 0. The third kappa shape index (κ3) is 4.70. The maximum Gasteiger partial charge on any atom is 0.258 e. The molecule has 0 aliphatic heterocycles. The summed E-state index contributed by atoms with van der Waals surface area (Å²) in [5.41, 5.74) is 6.20. The van der Waals surface area contributed by atoms with Gasteiger partial charge in [-0.2, -0.15) is 0 Å². The van der Waals surface area contributed by atoms with Crippen molar-refractivity contribution in [3.8, 4) is 5.75 Å². The average Bonchev–Trinajstić information content (AvgIpc) is 2.48. The predicted octanol–water partition coefficient (Wildman–Crippen LogP) is 2.15. The fourth-order valence-electron chi connectivity index (χ4n) is 2.72. The monoisotopic (exact) mass is 294 g/mol. The lowest BCUT2D eigenvalue weighted by molar-refractivity contribution is -0.124. The molecule has 0 spiro atoms. The van der Waals surface area contributed by atoms with Crippen molar-refractivity contribution in [1.82, 2.24) is 5.32 Å². The van der Waals surface area contributed by atoms with Crippen molar-refractivity contribution in [1.29, 1.82) is 0 Å². The van der Waals surface area contributed by atoms with Crippen LogP contribution in [0.15, 0.2) is 18.2 Å². The second kappa shape index (κ2) is 7.98. The van der Waals surface area contributed by atoms with Crippen LogP contribution < -0.4 is 15.8 Å². The molecule has 21 heavy (non-hydrogen) atoms. The number of carbonyl (C=O) groups excluding carboxylic acids is 1. The summed E-state index contributed by atoms with van der Waals surface area (Å²) in [4.78, 5) is 11.9. The number of ether oxygens (including phenoxy) is 1. The number of halogens is 1. The van der Waals surface area contributed by atoms with Crippen LogP contribution in [0.4, 0.5) is 4.39 Å². The molecule has 1 aliphatic rings. The third-order valence-electron chi connectivity index (χ3n) is 3.78. The van der Waals surface area contributed by atoms with Crippen LogP contribution in [0.2, 0.25) is 0 Å². The first-order valence-electron chi connectivity index (χ1n) is 7.60. The first-order chi connectivity index (χ1) is 10.2. The normalized spacial score (nSPS) is 15.7. The Kier molecular flexibility index (Phi) is 5.99. The maximum absolute atomic E-state index is 13.8. The summed E-state index contributed by atoms with van der Waals surface area (Å²) < 4.78 is 19.2. The van der Waals surface area contributed by atoms with Crippen molar-refractivity contribution in [3.05, 3.63) is 29.6 Å². The van der Waals surface area contributed by atoms with Gasteiger partial charge >= 0.3 is 0 Å². The summed E-state index contributed by atoms with van der Waals surface area (Å²) in [5.74, 6) is -0.503. The lowest BCUT2D eigenvalue weighted by Gasteiger charge is -2.22. The number of hydrogen-bond acceptors (Lipinski definition) is 3. The molecule has 0 bridgehead atoms. The summed E-state index contributed by atoms with van der Waals surface area (Å²) in [6.07, 6.45) is 6.10. The Hall–Kier alpha value is -1.62. The molecule has 1 fully saturated rings. The Morgan fingerprint density at radius 3 is 2.81 bits per heavy atom. The summed E-state index contributed by atoms with van der Waals surface area (Å²) in [5, 5.41) is 2.95. The van der Waals surface area contributed by atoms with Gasteiger partial charge in [-0.05, 0) is 37.4 Å². The van der Waals surface area contributed by atoms with Crippen LogP contribution in [-0.4, -0.2) is 25.1 Å². The summed E-state index contributed by atoms with van der Waals surface area (Å²) in [6.45, 7) is 0.253. The van der Waals surface area contributed by atoms with Crippen molar-refractivity contribution < 1.29 is 13.9 Å². The molecule has 0 atom stereocenters. The molecule has 1 aliphatic carbocycles. The molecule has 0 aromatic heterocycles. The van der Waals surface area contributed by atoms with Crippen LogP contribution in [-0.2, 0) is 11.2 Å². The molecular formula is C16H23FN2O2. The van der Waals surface area contributed by atoms with E-state index in [9.17, 15) is 9.18 Å². The van der Waals surface area contributed by atoms with Gasteiger partial charge in [0.05, 0.1) is 0 Å². The molecule has 0 saturated heterocycles. The van der Waals surface area contributed by atoms with Gasteiger partial charge in [0, 0.05) is 6.04 Å². The van der Waals surface area contributed by atoms with Crippen molar-refractivity contribution >= 4 is 5.91 Å². The molecule has 5 heteroatoms. The minimum Gasteiger partial charge on any atom is -0.480 e. The largest absolute Gasteiger partial charge is 0.480 e. The molecule has 116 valence electrons. The highest BCUT2D eigenvalue weighted by atomic mass is 19.1. The number of nitrogens with one attached hydrogen (secondary N) is 1. The summed E-state index contributed by atoms with van der Waals surface area (Å²) in [6, 6.07) is 4.95. The molecule has 1 aromatic carbocycles. The molecule has 0 unspecified atom stereocenters. The first kappa shape index (κ1) is 15.8. The van der Waals surface area contributed by atoms with Crippen LogP contribution in [0, 0.1) is 5.82 Å². The van der Waals surface area contributed by atoms with Crippen molar-refractivity contribution in [2.75, 3.05) is 13.2 Å². The zero-order valence-electron chi connectivity index (χ0n) is 12.2. The van der Waals surface area contributed by atoms with Gasteiger partial charge in [-0.3, -0.25) is 4.79 Å². The van der Waals surface area contributed by atoms with Crippen LogP contribution >= 0.6 is 0 Å². The fourth-order valence-corrected chi connectivity index (χ4v) is 2.72. The number of amides is 1. The van der Waals surface area contributed by atoms with E-state index >= 15 is 0 Å². The maximum atomic E-state index is 13.8. The molecule has 0 radical (unpaired) electrons. The molecule has 4 nitrogen and oxygen atoms in total. The molecule has 2 rings (SSSR count). The molecule has 3 N–H and O–H groups in total. The minimum atomic E-state index is -0.452. The van der Waals surface area contributed by atoms with E-state index in [1.54, 1.807) is 12.1 Å². The Labute approximate surface area is 124 Å². The van der Waals surface area contributed by atoms with E-state index in [-0.39, 0.29) is 24.3 Å². The van der Waals surface area contributed by atoms with Gasteiger partial charge in [0.25, 0.3) is 5.91 Å². The number of para-hydroxylation sites is 1. The fraction of sp³-hybridized carbons (Fsp3) is 0.562. The molecular weight excluding hydrogens is 271 g/mol. The Morgan fingerprint density at radius 2 is 2.10 bits per heavy atom. The average molecular weight is 294 g/mol. The molecule has 1 amide bonds. The second-order valence-electron chi connectivity index (χ2n) is 5.46. The van der Waals surface area contributed by atoms with Gasteiger partial charge in [-0.1, -0.05) is 31.4 Å². The minimum absolute atomic E-state index is 0.141. The zero-order valence-corrected chi connectivity index (χ0v) is 12.2. The highest BCUT2D eigenvalue weighted by molar-refractivity contribution is 5.77. The Balaban J connectivity index is 1.88. The van der Waals surface area contributed by atoms with E-state index in [1.165, 1.54) is 12.5 Å². The van der Waals surface area contributed by atoms with E-state index in [0.29, 0.717) is 18.5 Å². The van der Waals surface area contributed by atoms with E-state index in [2.05, 4.69) is 5.32 Å². The van der Waals surface area contributed by atoms with E-state index < -0.39 is 5.82 Å². The number of rotatable bonds is 6. The number of nitrogens with two attached hydrogens (primary N) is 1. The second-order valence-corrected chi connectivity index (χ2v) is 5.46. The SMILES string of the molecule is NCCc1cccc(F)c1OCC(=O)NC1CCCCC1. The quantitative estimate of drug-likeness (QED) is 0.845. The molecule has 1 saturated carbocycles. The first-order valence-corrected chi connectivity index (χ1v) is 7.60. The van der Waals surface area contributed by atoms with Gasteiger partial charge in [0.15, 0.2) is 18.2 Å². The lowest BCUT2D eigenvalue weighted by Crippen LogP contribution is -2.39. The summed E-state index contributed by atoms with van der Waals surface area (Å²) in [7, 11) is 0. The van der Waals surface area contributed by atoms with Crippen LogP contribution in [0.3, 0.4) is 0 Å². The molecule has 1 aromatic rings. The van der Waals surface area contributed by atoms with Gasteiger partial charge in [0.1, 0.15) is 0 Å². The topological polar surface area (TPSA) is 64.3 Å². The standard InChI is InChI=1S/C16H23FN2O2/c17-14-8-4-5-12(9-10-18)16(14)21-11-15(20)19-13-6-2-1-3-7-13/h4-5,8,13H,1-3,6-7,9-11,18H2,(H,19,20). The van der Waals surface area contributed by atoms with Crippen molar-refractivity contribution in [3.63, 3.8) is 0 Å². The third-order valence-corrected chi connectivity index (χ3v) is 3.78. The lowest BCUT2D eigenvalue weighted by atomic mass is 9.95. The van der Waals surface area contributed by atoms with Crippen molar-refractivity contribution in [2.45, 2.75) is 44.6 Å². The highest BCUT2D eigenvalue weighted by Crippen LogP contribution is 2.23.